The van der Waals surface area contributed by atoms with Crippen molar-refractivity contribution in [1.29, 1.82) is 5.26 Å². The van der Waals surface area contributed by atoms with E-state index in [4.69, 9.17) is 10.8 Å². The Morgan fingerprint density at radius 2 is 2.15 bits per heavy atom. The number of piperidine rings is 1. The minimum atomic E-state index is -0.915. The first kappa shape index (κ1) is 18.0. The first-order chi connectivity index (χ1) is 12.5. The third-order valence-electron chi connectivity index (χ3n) is 4.60. The highest BCUT2D eigenvalue weighted by Crippen LogP contribution is 2.30. The van der Waals surface area contributed by atoms with Crippen LogP contribution in [0.1, 0.15) is 18.9 Å². The molecule has 8 nitrogen and oxygen atoms in total. The highest BCUT2D eigenvalue weighted by Gasteiger charge is 2.28. The van der Waals surface area contributed by atoms with Crippen LogP contribution in [0.3, 0.4) is 0 Å². The minimum Gasteiger partial charge on any atom is -0.394 e. The van der Waals surface area contributed by atoms with E-state index < -0.39 is 6.04 Å². The molecule has 136 valence electrons. The average molecular weight is 354 g/mol. The number of aromatic nitrogens is 2. The van der Waals surface area contributed by atoms with Crippen molar-refractivity contribution < 1.29 is 9.90 Å². The predicted molar refractivity (Wildman–Crippen MR) is 97.2 cm³/mol. The Hall–Kier alpha value is -2.76. The van der Waals surface area contributed by atoms with Gasteiger partial charge in [0.1, 0.15) is 23.1 Å². The summed E-state index contributed by atoms with van der Waals surface area (Å²) in [6.07, 6.45) is 4.02. The fourth-order valence-electron chi connectivity index (χ4n) is 3.43. The van der Waals surface area contributed by atoms with Crippen molar-refractivity contribution in [2.45, 2.75) is 25.4 Å². The molecular weight excluding hydrogens is 332 g/mol. The van der Waals surface area contributed by atoms with Gasteiger partial charge >= 0.3 is 0 Å². The molecule has 1 aliphatic heterocycles. The number of hydrogen-bond acceptors (Lipinski definition) is 7. The van der Waals surface area contributed by atoms with Crippen LogP contribution in [-0.4, -0.2) is 52.8 Å². The van der Waals surface area contributed by atoms with Crippen LogP contribution in [0, 0.1) is 17.2 Å². The molecule has 1 saturated heterocycles. The summed E-state index contributed by atoms with van der Waals surface area (Å²) in [5, 5.41) is 21.2. The van der Waals surface area contributed by atoms with Crippen LogP contribution in [0.4, 0.5) is 5.69 Å². The van der Waals surface area contributed by atoms with Crippen LogP contribution in [0.25, 0.3) is 11.0 Å². The lowest BCUT2D eigenvalue weighted by Crippen LogP contribution is -2.54. The molecule has 0 bridgehead atoms. The normalized spacial score (nSPS) is 21.2. The summed E-state index contributed by atoms with van der Waals surface area (Å²) < 4.78 is 0. The van der Waals surface area contributed by atoms with Gasteiger partial charge in [-0.3, -0.25) is 14.8 Å². The summed E-state index contributed by atoms with van der Waals surface area (Å²) in [5.41, 5.74) is 8.23. The van der Waals surface area contributed by atoms with Crippen molar-refractivity contribution >= 4 is 22.6 Å². The van der Waals surface area contributed by atoms with Gasteiger partial charge in [0, 0.05) is 31.5 Å². The van der Waals surface area contributed by atoms with Crippen molar-refractivity contribution in [1.82, 2.24) is 15.3 Å². The lowest BCUT2D eigenvalue weighted by molar-refractivity contribution is -0.124. The quantitative estimate of drug-likeness (QED) is 0.713. The number of benzene rings is 1. The molecule has 0 spiro atoms. The number of aliphatic hydroxyl groups excluding tert-OH is 1. The zero-order valence-electron chi connectivity index (χ0n) is 14.6. The van der Waals surface area contributed by atoms with E-state index in [0.29, 0.717) is 29.1 Å². The highest BCUT2D eigenvalue weighted by molar-refractivity contribution is 5.92. The van der Waals surface area contributed by atoms with E-state index in [1.807, 2.05) is 6.07 Å². The molecule has 4 N–H and O–H groups in total. The van der Waals surface area contributed by atoms with Gasteiger partial charge in [0.25, 0.3) is 0 Å². The summed E-state index contributed by atoms with van der Waals surface area (Å²) in [6, 6.07) is 4.79. The second-order valence-electron chi connectivity index (χ2n) is 6.74. The lowest BCUT2D eigenvalue weighted by atomic mass is 9.94. The van der Waals surface area contributed by atoms with Crippen LogP contribution in [0.2, 0.25) is 0 Å². The third-order valence-corrected chi connectivity index (χ3v) is 4.60. The van der Waals surface area contributed by atoms with Gasteiger partial charge in [-0.2, -0.15) is 5.26 Å². The highest BCUT2D eigenvalue weighted by atomic mass is 16.3. The van der Waals surface area contributed by atoms with Gasteiger partial charge in [-0.05, 0) is 24.5 Å². The Bertz CT molecular complexity index is 849. The monoisotopic (exact) mass is 354 g/mol. The third kappa shape index (κ3) is 3.59. The van der Waals surface area contributed by atoms with Gasteiger partial charge in [0.2, 0.25) is 5.91 Å². The largest absolute Gasteiger partial charge is 0.394 e. The SMILES string of the molecule is C[C@H]1C[C@@H](NC(=O)[C@H](N)CO)CN(c2ccc(C#N)c3nccnc23)C1. The number of amides is 1. The molecule has 3 rings (SSSR count). The number of nitrogens with zero attached hydrogens (tertiary/aromatic N) is 4. The zero-order chi connectivity index (χ0) is 18.7. The van der Waals surface area contributed by atoms with Gasteiger partial charge in [0.05, 0.1) is 17.9 Å². The van der Waals surface area contributed by atoms with Crippen molar-refractivity contribution in [3.8, 4) is 6.07 Å². The number of nitriles is 1. The fourth-order valence-corrected chi connectivity index (χ4v) is 3.43. The summed E-state index contributed by atoms with van der Waals surface area (Å²) in [4.78, 5) is 22.9. The number of aliphatic hydroxyl groups is 1. The topological polar surface area (TPSA) is 128 Å². The maximum absolute atomic E-state index is 12.0. The molecule has 0 unspecified atom stereocenters. The van der Waals surface area contributed by atoms with Crippen LogP contribution in [-0.2, 0) is 4.79 Å². The van der Waals surface area contributed by atoms with E-state index in [0.717, 1.165) is 18.7 Å². The van der Waals surface area contributed by atoms with Crippen molar-refractivity contribution in [2.75, 3.05) is 24.6 Å². The summed E-state index contributed by atoms with van der Waals surface area (Å²) >= 11 is 0. The number of rotatable bonds is 4. The van der Waals surface area contributed by atoms with Crippen LogP contribution in [0.5, 0.6) is 0 Å². The number of carbonyl (C=O) groups excluding carboxylic acids is 1. The second-order valence-corrected chi connectivity index (χ2v) is 6.74. The summed E-state index contributed by atoms with van der Waals surface area (Å²) in [6.45, 7) is 3.16. The number of fused-ring (bicyclic) bond motifs is 1. The molecular formula is C18H22N6O2. The molecule has 1 amide bonds. The maximum Gasteiger partial charge on any atom is 0.239 e. The molecule has 1 fully saturated rings. The number of nitrogens with two attached hydrogens (primary N) is 1. The smallest absolute Gasteiger partial charge is 0.239 e. The van der Waals surface area contributed by atoms with E-state index in [1.165, 1.54) is 0 Å². The number of carbonyl (C=O) groups is 1. The molecule has 26 heavy (non-hydrogen) atoms. The molecule has 2 heterocycles. The molecule has 0 aliphatic carbocycles. The molecule has 0 saturated carbocycles. The van der Waals surface area contributed by atoms with Crippen LogP contribution in [0.15, 0.2) is 24.5 Å². The Kier molecular flexibility index (Phi) is 5.30. The van der Waals surface area contributed by atoms with Gasteiger partial charge in [-0.25, -0.2) is 0 Å². The molecule has 1 aliphatic rings. The molecule has 1 aromatic heterocycles. The fraction of sp³-hybridized carbons (Fsp3) is 0.444. The first-order valence-corrected chi connectivity index (χ1v) is 8.59. The lowest BCUT2D eigenvalue weighted by Gasteiger charge is -2.38. The zero-order valence-corrected chi connectivity index (χ0v) is 14.6. The molecule has 1 aromatic carbocycles. The standard InChI is InChI=1S/C18H22N6O2/c1-11-6-13(23-18(26)14(20)10-25)9-24(8-11)15-3-2-12(7-19)16-17(15)22-5-4-21-16/h2-5,11,13-14,25H,6,8-10,20H2,1H3,(H,23,26)/t11-,13+,14+/m0/s1. The van der Waals surface area contributed by atoms with Gasteiger partial charge in [-0.15, -0.1) is 0 Å². The second kappa shape index (κ2) is 7.64. The Morgan fingerprint density at radius 3 is 2.85 bits per heavy atom. The first-order valence-electron chi connectivity index (χ1n) is 8.59. The molecule has 0 radical (unpaired) electrons. The Balaban J connectivity index is 1.88. The van der Waals surface area contributed by atoms with Crippen LogP contribution >= 0.6 is 0 Å². The maximum atomic E-state index is 12.0. The molecule has 3 atom stereocenters. The van der Waals surface area contributed by atoms with E-state index in [1.54, 1.807) is 18.5 Å². The van der Waals surface area contributed by atoms with E-state index >= 15 is 0 Å². The number of nitrogens with one attached hydrogen (secondary N) is 1. The van der Waals surface area contributed by atoms with Crippen molar-refractivity contribution in [3.05, 3.63) is 30.1 Å². The summed E-state index contributed by atoms with van der Waals surface area (Å²) in [7, 11) is 0. The van der Waals surface area contributed by atoms with E-state index in [9.17, 15) is 10.1 Å². The Labute approximate surface area is 151 Å². The van der Waals surface area contributed by atoms with Crippen LogP contribution < -0.4 is 16.0 Å². The summed E-state index contributed by atoms with van der Waals surface area (Å²) in [5.74, 6) is -0.00204. The van der Waals surface area contributed by atoms with Gasteiger partial charge in [0.15, 0.2) is 0 Å². The molecule has 2 aromatic rings. The molecule has 8 heteroatoms. The predicted octanol–water partition coefficient (Wildman–Crippen LogP) is 0.152. The number of hydrogen-bond donors (Lipinski definition) is 3. The van der Waals surface area contributed by atoms with Crippen molar-refractivity contribution in [2.24, 2.45) is 11.7 Å². The van der Waals surface area contributed by atoms with Crippen molar-refractivity contribution in [3.63, 3.8) is 0 Å². The van der Waals surface area contributed by atoms with Gasteiger partial charge < -0.3 is 21.1 Å². The van der Waals surface area contributed by atoms with E-state index in [2.05, 4.69) is 33.2 Å². The Morgan fingerprint density at radius 1 is 1.42 bits per heavy atom. The number of anilines is 1. The van der Waals surface area contributed by atoms with E-state index in [-0.39, 0.29) is 18.6 Å². The average Bonchev–Trinajstić information content (AvgIpc) is 2.65. The minimum absolute atomic E-state index is 0.0776. The van der Waals surface area contributed by atoms with Gasteiger partial charge in [-0.1, -0.05) is 6.92 Å².